The first-order valence-corrected chi connectivity index (χ1v) is 5.76. The second-order valence-corrected chi connectivity index (χ2v) is 4.44. The van der Waals surface area contributed by atoms with E-state index in [4.69, 9.17) is 16.7 Å². The van der Waals surface area contributed by atoms with E-state index < -0.39 is 0 Å². The van der Waals surface area contributed by atoms with E-state index in [2.05, 4.69) is 18.3 Å². The van der Waals surface area contributed by atoms with E-state index >= 15 is 0 Å². The van der Waals surface area contributed by atoms with Crippen LogP contribution in [0.3, 0.4) is 0 Å². The van der Waals surface area contributed by atoms with Crippen molar-refractivity contribution in [2.75, 3.05) is 13.2 Å². The Bertz CT molecular complexity index is 345. The number of aliphatic hydroxyl groups is 1. The molecule has 1 atom stereocenters. The molecule has 0 aliphatic rings. The van der Waals surface area contributed by atoms with Crippen molar-refractivity contribution in [1.29, 1.82) is 0 Å². The van der Waals surface area contributed by atoms with Crippen LogP contribution in [-0.4, -0.2) is 24.3 Å². The van der Waals surface area contributed by atoms with Crippen molar-refractivity contribution in [1.82, 2.24) is 5.32 Å². The fraction of sp³-hybridized carbons (Fsp3) is 0.385. The number of hydrogen-bond acceptors (Lipinski definition) is 2. The molecule has 1 rings (SSSR count). The summed E-state index contributed by atoms with van der Waals surface area (Å²) in [5.74, 6) is 0. The molecule has 0 heterocycles. The molecule has 0 saturated carbocycles. The smallest absolute Gasteiger partial charge is 0.0582 e. The molecule has 16 heavy (non-hydrogen) atoms. The molecule has 0 spiro atoms. The van der Waals surface area contributed by atoms with Crippen LogP contribution >= 0.6 is 11.6 Å². The van der Waals surface area contributed by atoms with Crippen molar-refractivity contribution in [3.63, 3.8) is 0 Å². The Hall–Kier alpha value is -0.830. The summed E-state index contributed by atoms with van der Waals surface area (Å²) in [5, 5.41) is 12.8. The Morgan fingerprint density at radius 2 is 2.06 bits per heavy atom. The quantitative estimate of drug-likeness (QED) is 0.828. The highest BCUT2D eigenvalue weighted by Gasteiger charge is 1.98. The molecular formula is C13H18ClNO. The minimum absolute atomic E-state index is 0.133. The molecule has 88 valence electrons. The largest absolute Gasteiger partial charge is 0.395 e. The van der Waals surface area contributed by atoms with Crippen LogP contribution in [0, 0.1) is 0 Å². The lowest BCUT2D eigenvalue weighted by Gasteiger charge is -2.10. The van der Waals surface area contributed by atoms with E-state index in [1.807, 2.05) is 31.2 Å². The molecule has 0 radical (unpaired) electrons. The Morgan fingerprint density at radius 3 is 2.62 bits per heavy atom. The fourth-order valence-corrected chi connectivity index (χ4v) is 1.42. The third-order valence-electron chi connectivity index (χ3n) is 2.29. The lowest BCUT2D eigenvalue weighted by atomic mass is 10.1. The lowest BCUT2D eigenvalue weighted by Crippen LogP contribution is -2.30. The molecule has 0 aliphatic heterocycles. The molecule has 0 saturated heterocycles. The second-order valence-electron chi connectivity index (χ2n) is 4.01. The van der Waals surface area contributed by atoms with Gasteiger partial charge in [0.1, 0.15) is 0 Å². The zero-order valence-electron chi connectivity index (χ0n) is 9.70. The molecule has 1 aromatic rings. The Morgan fingerprint density at radius 1 is 1.44 bits per heavy atom. The van der Waals surface area contributed by atoms with Crippen LogP contribution in [-0.2, 0) is 0 Å². The van der Waals surface area contributed by atoms with Gasteiger partial charge in [-0.2, -0.15) is 0 Å². The highest BCUT2D eigenvalue weighted by Crippen LogP contribution is 2.12. The molecule has 0 amide bonds. The second kappa shape index (κ2) is 6.69. The molecule has 1 aromatic carbocycles. The van der Waals surface area contributed by atoms with Crippen LogP contribution in [0.15, 0.2) is 29.8 Å². The van der Waals surface area contributed by atoms with Gasteiger partial charge < -0.3 is 10.4 Å². The van der Waals surface area contributed by atoms with E-state index in [9.17, 15) is 0 Å². The molecule has 2 nitrogen and oxygen atoms in total. The maximum absolute atomic E-state index is 8.87. The monoisotopic (exact) mass is 239 g/mol. The van der Waals surface area contributed by atoms with E-state index in [1.165, 1.54) is 5.57 Å². The van der Waals surface area contributed by atoms with Gasteiger partial charge in [0.05, 0.1) is 6.61 Å². The van der Waals surface area contributed by atoms with Crippen LogP contribution in [0.5, 0.6) is 0 Å². The van der Waals surface area contributed by atoms with Gasteiger partial charge in [-0.1, -0.05) is 35.4 Å². The van der Waals surface area contributed by atoms with Crippen molar-refractivity contribution in [3.8, 4) is 0 Å². The summed E-state index contributed by atoms with van der Waals surface area (Å²) in [6.45, 7) is 4.96. The molecular weight excluding hydrogens is 222 g/mol. The summed E-state index contributed by atoms with van der Waals surface area (Å²) in [5.41, 5.74) is 2.36. The van der Waals surface area contributed by atoms with Crippen LogP contribution in [0.4, 0.5) is 0 Å². The van der Waals surface area contributed by atoms with E-state index in [0.717, 1.165) is 17.1 Å². The molecule has 0 aliphatic carbocycles. The first-order valence-electron chi connectivity index (χ1n) is 5.39. The maximum atomic E-state index is 8.87. The van der Waals surface area contributed by atoms with Gasteiger partial charge in [0.15, 0.2) is 0 Å². The third kappa shape index (κ3) is 4.79. The number of nitrogens with one attached hydrogen (secondary N) is 1. The first-order chi connectivity index (χ1) is 7.61. The van der Waals surface area contributed by atoms with Crippen LogP contribution < -0.4 is 5.32 Å². The third-order valence-corrected chi connectivity index (χ3v) is 2.54. The molecule has 0 aromatic heterocycles. The predicted octanol–water partition coefficient (Wildman–Crippen LogP) is 2.71. The van der Waals surface area contributed by atoms with Crippen molar-refractivity contribution >= 4 is 17.7 Å². The van der Waals surface area contributed by atoms with Gasteiger partial charge in [0.25, 0.3) is 0 Å². The number of benzene rings is 1. The SMILES string of the molecule is C/C(=C\c1ccc(Cl)cc1)CN[C@H](C)CO. The summed E-state index contributed by atoms with van der Waals surface area (Å²) in [6, 6.07) is 7.87. The van der Waals surface area contributed by atoms with Crippen molar-refractivity contribution in [2.45, 2.75) is 19.9 Å². The van der Waals surface area contributed by atoms with Crippen molar-refractivity contribution in [3.05, 3.63) is 40.4 Å². The number of hydrogen-bond donors (Lipinski definition) is 2. The van der Waals surface area contributed by atoms with Gasteiger partial charge in [0.2, 0.25) is 0 Å². The standard InChI is InChI=1S/C13H18ClNO/c1-10(8-15-11(2)9-16)7-12-3-5-13(14)6-4-12/h3-7,11,15-16H,8-9H2,1-2H3/b10-7+/t11-/m1/s1. The number of rotatable bonds is 5. The molecule has 0 unspecified atom stereocenters. The zero-order chi connectivity index (χ0) is 12.0. The topological polar surface area (TPSA) is 32.3 Å². The highest BCUT2D eigenvalue weighted by atomic mass is 35.5. The minimum atomic E-state index is 0.133. The lowest BCUT2D eigenvalue weighted by molar-refractivity contribution is 0.254. The van der Waals surface area contributed by atoms with Gasteiger partial charge in [-0.15, -0.1) is 0 Å². The fourth-order valence-electron chi connectivity index (χ4n) is 1.29. The molecule has 3 heteroatoms. The van der Waals surface area contributed by atoms with Crippen molar-refractivity contribution in [2.24, 2.45) is 0 Å². The summed E-state index contributed by atoms with van der Waals surface area (Å²) in [6.07, 6.45) is 2.10. The Balaban J connectivity index is 2.52. The van der Waals surface area contributed by atoms with Crippen LogP contribution in [0.2, 0.25) is 5.02 Å². The normalized spacial score (nSPS) is 13.9. The number of aliphatic hydroxyl groups excluding tert-OH is 1. The average molecular weight is 240 g/mol. The Labute approximate surface area is 102 Å². The average Bonchev–Trinajstić information content (AvgIpc) is 2.29. The van der Waals surface area contributed by atoms with E-state index in [-0.39, 0.29) is 12.6 Å². The predicted molar refractivity (Wildman–Crippen MR) is 69.7 cm³/mol. The summed E-state index contributed by atoms with van der Waals surface area (Å²) in [7, 11) is 0. The maximum Gasteiger partial charge on any atom is 0.0582 e. The highest BCUT2D eigenvalue weighted by molar-refractivity contribution is 6.30. The van der Waals surface area contributed by atoms with Crippen LogP contribution in [0.1, 0.15) is 19.4 Å². The van der Waals surface area contributed by atoms with E-state index in [1.54, 1.807) is 0 Å². The van der Waals surface area contributed by atoms with Gasteiger partial charge in [-0.3, -0.25) is 0 Å². The van der Waals surface area contributed by atoms with Gasteiger partial charge in [-0.25, -0.2) is 0 Å². The summed E-state index contributed by atoms with van der Waals surface area (Å²) < 4.78 is 0. The molecule has 0 fully saturated rings. The van der Waals surface area contributed by atoms with E-state index in [0.29, 0.717) is 0 Å². The number of halogens is 1. The van der Waals surface area contributed by atoms with Gasteiger partial charge >= 0.3 is 0 Å². The Kier molecular flexibility index (Phi) is 5.53. The van der Waals surface area contributed by atoms with Gasteiger partial charge in [-0.05, 0) is 31.5 Å². The first kappa shape index (κ1) is 13.2. The summed E-state index contributed by atoms with van der Waals surface area (Å²) >= 11 is 5.81. The molecule has 0 bridgehead atoms. The zero-order valence-corrected chi connectivity index (χ0v) is 10.5. The van der Waals surface area contributed by atoms with Crippen LogP contribution in [0.25, 0.3) is 6.08 Å². The van der Waals surface area contributed by atoms with Gasteiger partial charge in [0, 0.05) is 17.6 Å². The molecule has 2 N–H and O–H groups in total. The minimum Gasteiger partial charge on any atom is -0.395 e. The van der Waals surface area contributed by atoms with Crippen molar-refractivity contribution < 1.29 is 5.11 Å². The summed E-state index contributed by atoms with van der Waals surface area (Å²) in [4.78, 5) is 0.